The number of carbonyl (C=O) groups excluding carboxylic acids is 2. The summed E-state index contributed by atoms with van der Waals surface area (Å²) >= 11 is 0. The van der Waals surface area contributed by atoms with Crippen LogP contribution in [0.5, 0.6) is 17.2 Å². The molecule has 1 atom stereocenters. The van der Waals surface area contributed by atoms with Crippen LogP contribution in [-0.4, -0.2) is 60.9 Å². The van der Waals surface area contributed by atoms with Gasteiger partial charge in [-0.15, -0.1) is 0 Å². The highest BCUT2D eigenvalue weighted by Crippen LogP contribution is 2.41. The molecule has 0 spiro atoms. The van der Waals surface area contributed by atoms with Crippen LogP contribution in [0.1, 0.15) is 29.2 Å². The first-order chi connectivity index (χ1) is 17.8. The Morgan fingerprint density at radius 3 is 2.35 bits per heavy atom. The van der Waals surface area contributed by atoms with Gasteiger partial charge in [-0.3, -0.25) is 9.59 Å². The Bertz CT molecular complexity index is 1320. The highest BCUT2D eigenvalue weighted by Gasteiger charge is 2.46. The first-order valence-electron chi connectivity index (χ1n) is 12.2. The fourth-order valence-corrected chi connectivity index (χ4v) is 4.56. The van der Waals surface area contributed by atoms with Crippen molar-refractivity contribution in [2.24, 2.45) is 0 Å². The number of ether oxygens (including phenoxy) is 2. The molecule has 1 N–H and O–H groups in total. The van der Waals surface area contributed by atoms with Crippen LogP contribution in [0.3, 0.4) is 0 Å². The molecule has 0 aliphatic carbocycles. The average molecular weight is 501 g/mol. The predicted molar refractivity (Wildman–Crippen MR) is 143 cm³/mol. The lowest BCUT2D eigenvalue weighted by molar-refractivity contribution is -0.139. The second-order valence-corrected chi connectivity index (χ2v) is 9.32. The van der Waals surface area contributed by atoms with Crippen LogP contribution >= 0.6 is 0 Å². The van der Waals surface area contributed by atoms with Crippen LogP contribution in [0.4, 0.5) is 0 Å². The third-order valence-corrected chi connectivity index (χ3v) is 6.39. The number of likely N-dealkylation sites (tertiary alicyclic amines) is 1. The van der Waals surface area contributed by atoms with E-state index in [0.29, 0.717) is 41.3 Å². The molecule has 1 heterocycles. The number of rotatable bonds is 9. The lowest BCUT2D eigenvalue weighted by atomic mass is 9.93. The van der Waals surface area contributed by atoms with Crippen molar-refractivity contribution >= 4 is 17.4 Å². The summed E-state index contributed by atoms with van der Waals surface area (Å²) in [4.78, 5) is 30.2. The standard InChI is InChI=1S/C30H32N2O5/c1-20-18-23(36-4)14-15-25(20)28(33)26-27(32(30(35)29(26)34)17-9-16-31(2)3)21-10-8-13-24(19-21)37-22-11-6-5-7-12-22/h5-8,10-15,18-19,27,33H,9,16-17H2,1-4H3. The molecule has 7 nitrogen and oxygen atoms in total. The van der Waals surface area contributed by atoms with Crippen LogP contribution < -0.4 is 9.47 Å². The number of nitrogens with zero attached hydrogens (tertiary/aromatic N) is 2. The number of aryl methyl sites for hydroxylation is 1. The third-order valence-electron chi connectivity index (χ3n) is 6.39. The second kappa shape index (κ2) is 11.3. The van der Waals surface area contributed by atoms with Crippen LogP contribution in [0.2, 0.25) is 0 Å². The van der Waals surface area contributed by atoms with Gasteiger partial charge < -0.3 is 24.4 Å². The molecule has 1 amide bonds. The number of amides is 1. The van der Waals surface area contributed by atoms with E-state index < -0.39 is 17.7 Å². The van der Waals surface area contributed by atoms with Gasteiger partial charge in [-0.05, 0) is 87.6 Å². The molecule has 4 rings (SSSR count). The van der Waals surface area contributed by atoms with Gasteiger partial charge in [-0.2, -0.15) is 0 Å². The van der Waals surface area contributed by atoms with Gasteiger partial charge >= 0.3 is 0 Å². The summed E-state index contributed by atoms with van der Waals surface area (Å²) < 4.78 is 11.3. The Morgan fingerprint density at radius 2 is 1.68 bits per heavy atom. The van der Waals surface area contributed by atoms with E-state index in [1.54, 1.807) is 30.2 Å². The number of methoxy groups -OCH3 is 1. The first kappa shape index (κ1) is 26.0. The summed E-state index contributed by atoms with van der Waals surface area (Å²) in [5, 5.41) is 11.4. The lowest BCUT2D eigenvalue weighted by Gasteiger charge is -2.26. The van der Waals surface area contributed by atoms with Crippen LogP contribution in [0.15, 0.2) is 78.4 Å². The number of carbonyl (C=O) groups is 2. The molecule has 37 heavy (non-hydrogen) atoms. The maximum Gasteiger partial charge on any atom is 0.295 e. The zero-order chi connectivity index (χ0) is 26.5. The maximum absolute atomic E-state index is 13.3. The van der Waals surface area contributed by atoms with E-state index in [9.17, 15) is 14.7 Å². The molecule has 0 bridgehead atoms. The number of para-hydroxylation sites is 1. The van der Waals surface area contributed by atoms with Gasteiger partial charge in [0.05, 0.1) is 18.7 Å². The van der Waals surface area contributed by atoms with E-state index in [4.69, 9.17) is 9.47 Å². The van der Waals surface area contributed by atoms with Gasteiger partial charge in [-0.1, -0.05) is 30.3 Å². The molecule has 1 unspecified atom stereocenters. The molecule has 3 aromatic carbocycles. The van der Waals surface area contributed by atoms with Crippen LogP contribution in [0, 0.1) is 6.92 Å². The Hall–Kier alpha value is -4.10. The van der Waals surface area contributed by atoms with Gasteiger partial charge in [0.15, 0.2) is 0 Å². The zero-order valence-corrected chi connectivity index (χ0v) is 21.6. The minimum absolute atomic E-state index is 0.0694. The van der Waals surface area contributed by atoms with E-state index in [1.807, 2.05) is 80.5 Å². The molecule has 1 fully saturated rings. The van der Waals surface area contributed by atoms with Crippen LogP contribution in [0.25, 0.3) is 5.76 Å². The predicted octanol–water partition coefficient (Wildman–Crippen LogP) is 5.17. The Kier molecular flexibility index (Phi) is 7.94. The van der Waals surface area contributed by atoms with Crippen LogP contribution in [-0.2, 0) is 9.59 Å². The molecule has 0 radical (unpaired) electrons. The molecule has 1 aliphatic rings. The van der Waals surface area contributed by atoms with Crippen molar-refractivity contribution in [1.82, 2.24) is 9.80 Å². The van der Waals surface area contributed by atoms with Gasteiger partial charge in [-0.25, -0.2) is 0 Å². The number of Topliss-reactive ketones (excluding diaryl/α,β-unsaturated/α-hetero) is 1. The van der Waals surface area contributed by atoms with Crippen molar-refractivity contribution in [2.45, 2.75) is 19.4 Å². The van der Waals surface area contributed by atoms with E-state index in [0.717, 1.165) is 12.1 Å². The smallest absolute Gasteiger partial charge is 0.295 e. The lowest BCUT2D eigenvalue weighted by Crippen LogP contribution is -2.32. The molecule has 3 aromatic rings. The van der Waals surface area contributed by atoms with Gasteiger partial charge in [0.1, 0.15) is 23.0 Å². The zero-order valence-electron chi connectivity index (χ0n) is 21.6. The monoisotopic (exact) mass is 500 g/mol. The second-order valence-electron chi connectivity index (χ2n) is 9.32. The fourth-order valence-electron chi connectivity index (χ4n) is 4.56. The van der Waals surface area contributed by atoms with E-state index >= 15 is 0 Å². The highest BCUT2D eigenvalue weighted by molar-refractivity contribution is 6.46. The summed E-state index contributed by atoms with van der Waals surface area (Å²) in [5.41, 5.74) is 1.97. The topological polar surface area (TPSA) is 79.3 Å². The summed E-state index contributed by atoms with van der Waals surface area (Å²) in [6.45, 7) is 2.95. The minimum Gasteiger partial charge on any atom is -0.507 e. The fraction of sp³-hybridized carbons (Fsp3) is 0.267. The number of hydrogen-bond acceptors (Lipinski definition) is 6. The number of aliphatic hydroxyl groups excluding tert-OH is 1. The highest BCUT2D eigenvalue weighted by atomic mass is 16.5. The number of hydrogen-bond donors (Lipinski definition) is 1. The van der Waals surface area contributed by atoms with E-state index in [-0.39, 0.29) is 11.3 Å². The molecule has 7 heteroatoms. The Morgan fingerprint density at radius 1 is 0.946 bits per heavy atom. The van der Waals surface area contributed by atoms with Crippen molar-refractivity contribution in [3.05, 3.63) is 95.1 Å². The summed E-state index contributed by atoms with van der Waals surface area (Å²) in [5.74, 6) is 0.369. The van der Waals surface area contributed by atoms with Crippen molar-refractivity contribution in [3.8, 4) is 17.2 Å². The number of ketones is 1. The Labute approximate surface area is 217 Å². The molecular weight excluding hydrogens is 468 g/mol. The van der Waals surface area contributed by atoms with Crippen molar-refractivity contribution in [3.63, 3.8) is 0 Å². The minimum atomic E-state index is -0.747. The first-order valence-corrected chi connectivity index (χ1v) is 12.2. The molecule has 0 saturated carbocycles. The maximum atomic E-state index is 13.3. The molecule has 1 saturated heterocycles. The largest absolute Gasteiger partial charge is 0.507 e. The summed E-state index contributed by atoms with van der Waals surface area (Å²) in [7, 11) is 5.49. The van der Waals surface area contributed by atoms with Gasteiger partial charge in [0.2, 0.25) is 0 Å². The van der Waals surface area contributed by atoms with E-state index in [1.165, 1.54) is 0 Å². The molecule has 192 valence electrons. The third kappa shape index (κ3) is 5.67. The molecular formula is C30H32N2O5. The quantitative estimate of drug-likeness (QED) is 0.248. The average Bonchev–Trinajstić information content (AvgIpc) is 3.14. The van der Waals surface area contributed by atoms with Gasteiger partial charge in [0, 0.05) is 12.1 Å². The summed E-state index contributed by atoms with van der Waals surface area (Å²) in [6, 6.07) is 21.2. The van der Waals surface area contributed by atoms with Crippen molar-refractivity contribution in [1.29, 1.82) is 0 Å². The van der Waals surface area contributed by atoms with E-state index in [2.05, 4.69) is 0 Å². The number of benzene rings is 3. The van der Waals surface area contributed by atoms with Gasteiger partial charge in [0.25, 0.3) is 11.7 Å². The normalized spacial score (nSPS) is 16.9. The van der Waals surface area contributed by atoms with Crippen molar-refractivity contribution < 1.29 is 24.2 Å². The molecule has 1 aliphatic heterocycles. The summed E-state index contributed by atoms with van der Waals surface area (Å²) in [6.07, 6.45) is 0.679. The van der Waals surface area contributed by atoms with Crippen molar-refractivity contribution in [2.75, 3.05) is 34.3 Å². The molecule has 0 aromatic heterocycles. The SMILES string of the molecule is COc1ccc(C(O)=C2C(=O)C(=O)N(CCCN(C)C)C2c2cccc(Oc3ccccc3)c2)c(C)c1. The number of aliphatic hydroxyl groups is 1. The Balaban J connectivity index is 1.79.